The highest BCUT2D eigenvalue weighted by molar-refractivity contribution is 5.76. The molecule has 0 heterocycles. The number of nitrogens with one attached hydrogen (secondary N) is 1. The zero-order valence-corrected chi connectivity index (χ0v) is 5.89. The van der Waals surface area contributed by atoms with Gasteiger partial charge in [-0.1, -0.05) is 13.8 Å². The minimum Gasteiger partial charge on any atom is -0.308 e. The Hall–Kier alpha value is -0.920. The van der Waals surface area contributed by atoms with Crippen molar-refractivity contribution in [1.29, 1.82) is 5.41 Å². The monoisotopic (exact) mass is 124 g/mol. The molecule has 0 radical (unpaired) electrons. The summed E-state index contributed by atoms with van der Waals surface area (Å²) >= 11 is 0. The number of aliphatic imine (C=N–C) groups is 1. The van der Waals surface area contributed by atoms with E-state index in [-0.39, 0.29) is 0 Å². The van der Waals surface area contributed by atoms with Crippen molar-refractivity contribution in [3.63, 3.8) is 0 Å². The fraction of sp³-hybridized carbons (Fsp3) is 0.429. The number of nitrogens with zero attached hydrogens (tertiary/aromatic N) is 1. The second kappa shape index (κ2) is 4.01. The van der Waals surface area contributed by atoms with E-state index in [1.165, 1.54) is 6.21 Å². The molecule has 0 aliphatic heterocycles. The first-order valence-electron chi connectivity index (χ1n) is 2.88. The molecule has 0 aromatic carbocycles. The summed E-state index contributed by atoms with van der Waals surface area (Å²) in [5.74, 6) is 0.369. The Morgan fingerprint density at radius 2 is 2.22 bits per heavy atom. The zero-order chi connectivity index (χ0) is 7.28. The van der Waals surface area contributed by atoms with Crippen LogP contribution >= 0.6 is 0 Å². The summed E-state index contributed by atoms with van der Waals surface area (Å²) in [5.41, 5.74) is 0.907. The van der Waals surface area contributed by atoms with Crippen molar-refractivity contribution in [3.8, 4) is 0 Å². The van der Waals surface area contributed by atoms with Crippen LogP contribution in [0.2, 0.25) is 0 Å². The highest BCUT2D eigenvalue weighted by atomic mass is 14.6. The van der Waals surface area contributed by atoms with E-state index in [1.54, 1.807) is 6.20 Å². The third-order valence-electron chi connectivity index (χ3n) is 1.07. The first-order valence-corrected chi connectivity index (χ1v) is 2.88. The summed E-state index contributed by atoms with van der Waals surface area (Å²) in [4.78, 5) is 3.56. The zero-order valence-electron chi connectivity index (χ0n) is 5.89. The van der Waals surface area contributed by atoms with Crippen LogP contribution in [-0.4, -0.2) is 12.9 Å². The number of hydrogen-bond donors (Lipinski definition) is 1. The largest absolute Gasteiger partial charge is 0.308 e. The van der Waals surface area contributed by atoms with Crippen LogP contribution in [-0.2, 0) is 0 Å². The molecule has 0 spiro atoms. The van der Waals surface area contributed by atoms with Gasteiger partial charge in [0.15, 0.2) is 0 Å². The van der Waals surface area contributed by atoms with E-state index in [0.29, 0.717) is 5.92 Å². The standard InChI is InChI=1S/C7H12N2/c1-6(2)7(4-8)5-9-3/h4-6,8H,3H2,1-2H3/b7-5+,8-4?. The molecular formula is C7H12N2. The molecule has 0 saturated carbocycles. The Kier molecular flexibility index (Phi) is 3.60. The third-order valence-corrected chi connectivity index (χ3v) is 1.07. The molecule has 0 bridgehead atoms. The molecular weight excluding hydrogens is 112 g/mol. The minimum absolute atomic E-state index is 0.369. The molecule has 0 unspecified atom stereocenters. The number of allylic oxidation sites excluding steroid dienone is 1. The summed E-state index contributed by atoms with van der Waals surface area (Å²) in [6.07, 6.45) is 2.91. The van der Waals surface area contributed by atoms with Crippen LogP contribution in [0.3, 0.4) is 0 Å². The lowest BCUT2D eigenvalue weighted by molar-refractivity contribution is 0.803. The van der Waals surface area contributed by atoms with Gasteiger partial charge < -0.3 is 5.41 Å². The molecule has 0 atom stereocenters. The third kappa shape index (κ3) is 2.80. The molecule has 0 amide bonds. The van der Waals surface area contributed by atoms with Crippen molar-refractivity contribution in [2.45, 2.75) is 13.8 Å². The van der Waals surface area contributed by atoms with Gasteiger partial charge in [0, 0.05) is 12.4 Å². The Bertz CT molecular complexity index is 134. The van der Waals surface area contributed by atoms with E-state index in [4.69, 9.17) is 5.41 Å². The summed E-state index contributed by atoms with van der Waals surface area (Å²) < 4.78 is 0. The minimum atomic E-state index is 0.369. The molecule has 0 rings (SSSR count). The molecule has 0 aliphatic carbocycles. The van der Waals surface area contributed by atoms with Crippen molar-refractivity contribution in [3.05, 3.63) is 11.8 Å². The topological polar surface area (TPSA) is 36.2 Å². The fourth-order valence-electron chi connectivity index (χ4n) is 0.458. The molecule has 0 fully saturated rings. The predicted octanol–water partition coefficient (Wildman–Crippen LogP) is 1.88. The molecule has 50 valence electrons. The summed E-state index contributed by atoms with van der Waals surface area (Å²) in [7, 11) is 0. The van der Waals surface area contributed by atoms with Gasteiger partial charge in [0.2, 0.25) is 0 Å². The van der Waals surface area contributed by atoms with Gasteiger partial charge in [-0.3, -0.25) is 4.99 Å². The maximum Gasteiger partial charge on any atom is 0.0310 e. The van der Waals surface area contributed by atoms with Crippen molar-refractivity contribution < 1.29 is 0 Å². The van der Waals surface area contributed by atoms with E-state index in [0.717, 1.165) is 5.57 Å². The quantitative estimate of drug-likeness (QED) is 0.558. The maximum atomic E-state index is 6.91. The average Bonchev–Trinajstić information content (AvgIpc) is 1.82. The van der Waals surface area contributed by atoms with Gasteiger partial charge in [-0.05, 0) is 18.2 Å². The maximum absolute atomic E-state index is 6.91. The predicted molar refractivity (Wildman–Crippen MR) is 41.3 cm³/mol. The summed E-state index contributed by atoms with van der Waals surface area (Å²) in [5, 5.41) is 6.91. The molecule has 2 nitrogen and oxygen atoms in total. The van der Waals surface area contributed by atoms with Crippen LogP contribution in [0.1, 0.15) is 13.8 Å². The molecule has 0 aromatic rings. The van der Waals surface area contributed by atoms with E-state index in [2.05, 4.69) is 11.7 Å². The first-order chi connectivity index (χ1) is 4.22. The summed E-state index contributed by atoms with van der Waals surface area (Å²) in [6, 6.07) is 0. The number of hydrogen-bond acceptors (Lipinski definition) is 2. The molecule has 0 aliphatic rings. The molecule has 9 heavy (non-hydrogen) atoms. The van der Waals surface area contributed by atoms with Gasteiger partial charge in [0.05, 0.1) is 0 Å². The normalized spacial score (nSPS) is 11.7. The van der Waals surface area contributed by atoms with Gasteiger partial charge in [-0.15, -0.1) is 0 Å². The van der Waals surface area contributed by atoms with Crippen LogP contribution in [0.4, 0.5) is 0 Å². The smallest absolute Gasteiger partial charge is 0.0310 e. The lowest BCUT2D eigenvalue weighted by Crippen LogP contribution is -1.93. The molecule has 1 N–H and O–H groups in total. The highest BCUT2D eigenvalue weighted by Gasteiger charge is 1.96. The van der Waals surface area contributed by atoms with Crippen LogP contribution < -0.4 is 0 Å². The van der Waals surface area contributed by atoms with Crippen LogP contribution in [0.5, 0.6) is 0 Å². The van der Waals surface area contributed by atoms with E-state index in [9.17, 15) is 0 Å². The van der Waals surface area contributed by atoms with Crippen LogP contribution in [0.25, 0.3) is 0 Å². The average molecular weight is 124 g/mol. The lowest BCUT2D eigenvalue weighted by Gasteiger charge is -2.00. The van der Waals surface area contributed by atoms with Crippen molar-refractivity contribution in [1.82, 2.24) is 0 Å². The first kappa shape index (κ1) is 8.08. The van der Waals surface area contributed by atoms with Gasteiger partial charge in [0.25, 0.3) is 0 Å². The van der Waals surface area contributed by atoms with Gasteiger partial charge in [-0.2, -0.15) is 0 Å². The Balaban J connectivity index is 4.13. The van der Waals surface area contributed by atoms with Gasteiger partial charge in [0.1, 0.15) is 0 Å². The van der Waals surface area contributed by atoms with Crippen molar-refractivity contribution in [2.75, 3.05) is 0 Å². The lowest BCUT2D eigenvalue weighted by atomic mass is 10.1. The SMILES string of the molecule is C=N/C=C(\C=N)C(C)C. The van der Waals surface area contributed by atoms with Crippen LogP contribution in [0.15, 0.2) is 16.8 Å². The highest BCUT2D eigenvalue weighted by Crippen LogP contribution is 2.05. The second-order valence-electron chi connectivity index (χ2n) is 2.11. The number of rotatable bonds is 3. The van der Waals surface area contributed by atoms with Crippen molar-refractivity contribution in [2.24, 2.45) is 10.9 Å². The van der Waals surface area contributed by atoms with Crippen molar-refractivity contribution >= 4 is 12.9 Å². The van der Waals surface area contributed by atoms with E-state index < -0.39 is 0 Å². The van der Waals surface area contributed by atoms with Gasteiger partial charge >= 0.3 is 0 Å². The molecule has 0 aromatic heterocycles. The Labute approximate surface area is 55.8 Å². The second-order valence-corrected chi connectivity index (χ2v) is 2.11. The van der Waals surface area contributed by atoms with E-state index >= 15 is 0 Å². The summed E-state index contributed by atoms with van der Waals surface area (Å²) in [6.45, 7) is 7.33. The van der Waals surface area contributed by atoms with Gasteiger partial charge in [-0.25, -0.2) is 0 Å². The van der Waals surface area contributed by atoms with Crippen LogP contribution in [0, 0.1) is 11.3 Å². The molecule has 0 saturated heterocycles. The Morgan fingerprint density at radius 3 is 2.33 bits per heavy atom. The Morgan fingerprint density at radius 1 is 1.67 bits per heavy atom. The van der Waals surface area contributed by atoms with E-state index in [1.807, 2.05) is 13.8 Å². The molecule has 2 heteroatoms. The fourth-order valence-corrected chi connectivity index (χ4v) is 0.458.